The Kier molecular flexibility index (Phi) is 4.72. The average molecular weight is 243 g/mol. The molecule has 1 unspecified atom stereocenters. The molecule has 0 spiro atoms. The standard InChI is InChI=1S/C12H18FNO3/c1-7-8(10(15)6-14-2)5-9(13)12(17-4)11(7)16-3/h5,10,14-15H,6H2,1-4H3. The van der Waals surface area contributed by atoms with Crippen molar-refractivity contribution in [2.75, 3.05) is 27.8 Å². The number of methoxy groups -OCH3 is 2. The van der Waals surface area contributed by atoms with E-state index in [2.05, 4.69) is 5.32 Å². The van der Waals surface area contributed by atoms with Crippen LogP contribution in [0.3, 0.4) is 0 Å². The smallest absolute Gasteiger partial charge is 0.197 e. The van der Waals surface area contributed by atoms with Crippen LogP contribution in [0.2, 0.25) is 0 Å². The molecule has 0 bridgehead atoms. The molecule has 2 N–H and O–H groups in total. The normalized spacial score (nSPS) is 12.4. The lowest BCUT2D eigenvalue weighted by atomic mass is 10.0. The lowest BCUT2D eigenvalue weighted by Gasteiger charge is -2.18. The number of hydrogen-bond donors (Lipinski definition) is 2. The summed E-state index contributed by atoms with van der Waals surface area (Å²) in [7, 11) is 4.54. The topological polar surface area (TPSA) is 50.7 Å². The van der Waals surface area contributed by atoms with Crippen LogP contribution in [0, 0.1) is 12.7 Å². The molecule has 0 aliphatic carbocycles. The summed E-state index contributed by atoms with van der Waals surface area (Å²) < 4.78 is 23.8. The van der Waals surface area contributed by atoms with Gasteiger partial charge in [-0.05, 0) is 25.6 Å². The summed E-state index contributed by atoms with van der Waals surface area (Å²) in [5.74, 6) is -0.164. The molecule has 1 aromatic carbocycles. The van der Waals surface area contributed by atoms with Crippen LogP contribution in [0.25, 0.3) is 0 Å². The Morgan fingerprint density at radius 3 is 2.41 bits per heavy atom. The average Bonchev–Trinajstić information content (AvgIpc) is 2.31. The highest BCUT2D eigenvalue weighted by Gasteiger charge is 2.20. The van der Waals surface area contributed by atoms with Gasteiger partial charge in [0, 0.05) is 12.1 Å². The predicted molar refractivity (Wildman–Crippen MR) is 63.1 cm³/mol. The van der Waals surface area contributed by atoms with E-state index in [4.69, 9.17) is 9.47 Å². The van der Waals surface area contributed by atoms with Crippen molar-refractivity contribution in [2.24, 2.45) is 0 Å². The summed E-state index contributed by atoms with van der Waals surface area (Å²) in [4.78, 5) is 0. The minimum Gasteiger partial charge on any atom is -0.492 e. The second kappa shape index (κ2) is 5.84. The van der Waals surface area contributed by atoms with Crippen LogP contribution in [-0.2, 0) is 0 Å². The van der Waals surface area contributed by atoms with E-state index in [0.29, 0.717) is 23.4 Å². The molecule has 0 heterocycles. The summed E-state index contributed by atoms with van der Waals surface area (Å²) in [5, 5.41) is 12.7. The summed E-state index contributed by atoms with van der Waals surface area (Å²) in [6, 6.07) is 1.28. The minimum absolute atomic E-state index is 0.0606. The molecule has 0 radical (unpaired) electrons. The number of rotatable bonds is 5. The Morgan fingerprint density at radius 1 is 1.35 bits per heavy atom. The maximum absolute atomic E-state index is 13.7. The van der Waals surface area contributed by atoms with Gasteiger partial charge in [0.05, 0.1) is 20.3 Å². The number of hydrogen-bond acceptors (Lipinski definition) is 4. The fourth-order valence-electron chi connectivity index (χ4n) is 1.81. The van der Waals surface area contributed by atoms with Gasteiger partial charge in [0.1, 0.15) is 0 Å². The van der Waals surface area contributed by atoms with E-state index in [1.165, 1.54) is 20.3 Å². The predicted octanol–water partition coefficient (Wildman–Crippen LogP) is 1.40. The van der Waals surface area contributed by atoms with Crippen LogP contribution in [0.1, 0.15) is 17.2 Å². The van der Waals surface area contributed by atoms with Gasteiger partial charge in [-0.25, -0.2) is 4.39 Å². The highest BCUT2D eigenvalue weighted by molar-refractivity contribution is 5.51. The summed E-state index contributed by atoms with van der Waals surface area (Å²) in [6.45, 7) is 2.10. The van der Waals surface area contributed by atoms with E-state index < -0.39 is 11.9 Å². The molecule has 1 atom stereocenters. The van der Waals surface area contributed by atoms with Gasteiger partial charge in [-0.2, -0.15) is 0 Å². The molecule has 4 nitrogen and oxygen atoms in total. The van der Waals surface area contributed by atoms with Crippen molar-refractivity contribution in [1.29, 1.82) is 0 Å². The van der Waals surface area contributed by atoms with Gasteiger partial charge < -0.3 is 19.9 Å². The number of halogens is 1. The maximum atomic E-state index is 13.7. The largest absolute Gasteiger partial charge is 0.492 e. The summed E-state index contributed by atoms with van der Waals surface area (Å²) in [6.07, 6.45) is -0.783. The van der Waals surface area contributed by atoms with Crippen molar-refractivity contribution in [3.05, 3.63) is 23.0 Å². The Balaban J connectivity index is 3.30. The first-order valence-electron chi connectivity index (χ1n) is 5.30. The first-order valence-corrected chi connectivity index (χ1v) is 5.30. The molecule has 0 fully saturated rings. The number of aliphatic hydroxyl groups is 1. The van der Waals surface area contributed by atoms with Crippen molar-refractivity contribution in [3.8, 4) is 11.5 Å². The molecular weight excluding hydrogens is 225 g/mol. The third kappa shape index (κ3) is 2.68. The quantitative estimate of drug-likeness (QED) is 0.821. The number of aliphatic hydroxyl groups excluding tert-OH is 1. The molecule has 5 heteroatoms. The number of nitrogens with one attached hydrogen (secondary N) is 1. The van der Waals surface area contributed by atoms with Crippen LogP contribution in [0.4, 0.5) is 4.39 Å². The van der Waals surface area contributed by atoms with E-state index in [9.17, 15) is 9.50 Å². The molecule has 0 amide bonds. The van der Waals surface area contributed by atoms with E-state index in [-0.39, 0.29) is 5.75 Å². The molecule has 0 saturated carbocycles. The van der Waals surface area contributed by atoms with Crippen LogP contribution in [0.5, 0.6) is 11.5 Å². The second-order valence-corrected chi connectivity index (χ2v) is 3.71. The monoisotopic (exact) mass is 243 g/mol. The molecule has 96 valence electrons. The third-order valence-corrected chi connectivity index (χ3v) is 2.64. The zero-order valence-corrected chi connectivity index (χ0v) is 10.5. The van der Waals surface area contributed by atoms with Crippen LogP contribution in [0.15, 0.2) is 6.07 Å². The first-order chi connectivity index (χ1) is 8.06. The lowest BCUT2D eigenvalue weighted by Crippen LogP contribution is -2.18. The van der Waals surface area contributed by atoms with Gasteiger partial charge in [0.15, 0.2) is 17.3 Å². The molecule has 1 aromatic rings. The van der Waals surface area contributed by atoms with Gasteiger partial charge >= 0.3 is 0 Å². The number of likely N-dealkylation sites (N-methyl/N-ethyl adjacent to an activating group) is 1. The van der Waals surface area contributed by atoms with Crippen molar-refractivity contribution in [1.82, 2.24) is 5.32 Å². The zero-order chi connectivity index (χ0) is 13.0. The maximum Gasteiger partial charge on any atom is 0.197 e. The van der Waals surface area contributed by atoms with Gasteiger partial charge in [0.2, 0.25) is 0 Å². The van der Waals surface area contributed by atoms with E-state index >= 15 is 0 Å². The minimum atomic E-state index is -0.783. The van der Waals surface area contributed by atoms with E-state index in [1.807, 2.05) is 0 Å². The van der Waals surface area contributed by atoms with E-state index in [1.54, 1.807) is 14.0 Å². The Hall–Kier alpha value is -1.33. The Bertz CT molecular complexity index is 396. The van der Waals surface area contributed by atoms with Crippen LogP contribution >= 0.6 is 0 Å². The first kappa shape index (κ1) is 13.7. The van der Waals surface area contributed by atoms with Crippen LogP contribution in [-0.4, -0.2) is 32.9 Å². The van der Waals surface area contributed by atoms with Crippen molar-refractivity contribution < 1.29 is 19.0 Å². The highest BCUT2D eigenvalue weighted by atomic mass is 19.1. The molecular formula is C12H18FNO3. The summed E-state index contributed by atoms with van der Waals surface area (Å²) in [5.41, 5.74) is 1.17. The fraction of sp³-hybridized carbons (Fsp3) is 0.500. The Labute approximate surface area is 100 Å². The van der Waals surface area contributed by atoms with Gasteiger partial charge in [-0.1, -0.05) is 0 Å². The molecule has 0 saturated heterocycles. The number of benzene rings is 1. The number of ether oxygens (including phenoxy) is 2. The van der Waals surface area contributed by atoms with Crippen molar-refractivity contribution in [3.63, 3.8) is 0 Å². The molecule has 17 heavy (non-hydrogen) atoms. The highest BCUT2D eigenvalue weighted by Crippen LogP contribution is 2.37. The second-order valence-electron chi connectivity index (χ2n) is 3.71. The Morgan fingerprint density at radius 2 is 1.94 bits per heavy atom. The molecule has 0 aliphatic rings. The lowest BCUT2D eigenvalue weighted by molar-refractivity contribution is 0.175. The fourth-order valence-corrected chi connectivity index (χ4v) is 1.81. The molecule has 0 aromatic heterocycles. The van der Waals surface area contributed by atoms with Crippen molar-refractivity contribution >= 4 is 0 Å². The zero-order valence-electron chi connectivity index (χ0n) is 10.5. The van der Waals surface area contributed by atoms with E-state index in [0.717, 1.165) is 0 Å². The third-order valence-electron chi connectivity index (χ3n) is 2.64. The van der Waals surface area contributed by atoms with Crippen LogP contribution < -0.4 is 14.8 Å². The van der Waals surface area contributed by atoms with Gasteiger partial charge in [-0.15, -0.1) is 0 Å². The molecule has 0 aliphatic heterocycles. The SMILES string of the molecule is CNCC(O)c1cc(F)c(OC)c(OC)c1C. The van der Waals surface area contributed by atoms with Gasteiger partial charge in [-0.3, -0.25) is 0 Å². The van der Waals surface area contributed by atoms with Gasteiger partial charge in [0.25, 0.3) is 0 Å². The van der Waals surface area contributed by atoms with Crippen molar-refractivity contribution in [2.45, 2.75) is 13.0 Å². The molecule has 1 rings (SSSR count). The summed E-state index contributed by atoms with van der Waals surface area (Å²) >= 11 is 0.